The van der Waals surface area contributed by atoms with Crippen LogP contribution >= 0.6 is 0 Å². The predicted octanol–water partition coefficient (Wildman–Crippen LogP) is 0.576. The molecule has 0 radical (unpaired) electrons. The van der Waals surface area contributed by atoms with Gasteiger partial charge in [0.2, 0.25) is 0 Å². The maximum absolute atomic E-state index is 12.8. The molecule has 2 atom stereocenters. The first-order valence-electron chi connectivity index (χ1n) is 7.59. The molecule has 3 rings (SSSR count). The second-order valence-electron chi connectivity index (χ2n) is 5.90. The van der Waals surface area contributed by atoms with Crippen LogP contribution in [-0.2, 0) is 4.79 Å². The van der Waals surface area contributed by atoms with Crippen molar-refractivity contribution in [3.63, 3.8) is 0 Å². The van der Waals surface area contributed by atoms with Gasteiger partial charge in [-0.15, -0.1) is 0 Å². The van der Waals surface area contributed by atoms with E-state index in [0.29, 0.717) is 5.69 Å². The zero-order valence-electron chi connectivity index (χ0n) is 12.5. The Hall–Kier alpha value is -2.35. The third kappa shape index (κ3) is 3.89. The lowest BCUT2D eigenvalue weighted by Gasteiger charge is -2.24. The van der Waals surface area contributed by atoms with Gasteiger partial charge in [0.15, 0.2) is 0 Å². The summed E-state index contributed by atoms with van der Waals surface area (Å²) in [6, 6.07) is 4.61. The quantitative estimate of drug-likeness (QED) is 0.610. The zero-order chi connectivity index (χ0) is 16.4. The van der Waals surface area contributed by atoms with Crippen molar-refractivity contribution in [1.82, 2.24) is 15.6 Å². The van der Waals surface area contributed by atoms with Crippen molar-refractivity contribution in [1.29, 1.82) is 0 Å². The monoisotopic (exact) mass is 322 g/mol. The summed E-state index contributed by atoms with van der Waals surface area (Å²) in [7, 11) is 0. The van der Waals surface area contributed by atoms with Gasteiger partial charge in [0.05, 0.1) is 11.8 Å². The van der Waals surface area contributed by atoms with Gasteiger partial charge in [0, 0.05) is 19.0 Å². The van der Waals surface area contributed by atoms with Crippen molar-refractivity contribution in [2.24, 2.45) is 0 Å². The number of urea groups is 1. The molecule has 2 aliphatic rings. The van der Waals surface area contributed by atoms with Crippen LogP contribution in [0.2, 0.25) is 0 Å². The molecule has 3 amide bonds. The number of hydrazine groups is 1. The number of hydrogen-bond acceptors (Lipinski definition) is 4. The van der Waals surface area contributed by atoms with Crippen LogP contribution in [0.1, 0.15) is 19.3 Å². The summed E-state index contributed by atoms with van der Waals surface area (Å²) in [6.45, 7) is 0.132. The van der Waals surface area contributed by atoms with Crippen molar-refractivity contribution < 1.29 is 19.1 Å². The molecule has 0 aromatic heterocycles. The Morgan fingerprint density at radius 3 is 2.57 bits per heavy atom. The first-order chi connectivity index (χ1) is 11.0. The van der Waals surface area contributed by atoms with Crippen molar-refractivity contribution in [2.75, 3.05) is 12.0 Å². The van der Waals surface area contributed by atoms with Crippen LogP contribution in [0, 0.1) is 5.82 Å². The molecule has 1 heterocycles. The number of benzene rings is 1. The highest BCUT2D eigenvalue weighted by Crippen LogP contribution is 2.22. The number of aliphatic hydroxyl groups excluding tert-OH is 1. The van der Waals surface area contributed by atoms with E-state index in [-0.39, 0.29) is 30.9 Å². The van der Waals surface area contributed by atoms with Crippen molar-refractivity contribution >= 4 is 17.6 Å². The summed E-state index contributed by atoms with van der Waals surface area (Å²) >= 11 is 0. The van der Waals surface area contributed by atoms with Gasteiger partial charge in [-0.2, -0.15) is 0 Å². The van der Waals surface area contributed by atoms with Crippen molar-refractivity contribution in [2.45, 2.75) is 37.5 Å². The smallest absolute Gasteiger partial charge is 0.318 e. The SMILES string of the molecule is O=C(NNc1ccc(F)cc1)C1CC(O)CN1C(=O)NC1CC1. The minimum Gasteiger partial charge on any atom is -0.391 e. The van der Waals surface area contributed by atoms with E-state index in [1.165, 1.54) is 29.2 Å². The summed E-state index contributed by atoms with van der Waals surface area (Å²) in [4.78, 5) is 25.7. The largest absolute Gasteiger partial charge is 0.391 e. The van der Waals surface area contributed by atoms with Gasteiger partial charge in [-0.05, 0) is 37.1 Å². The Morgan fingerprint density at radius 2 is 1.91 bits per heavy atom. The molecule has 0 bridgehead atoms. The molecule has 1 saturated carbocycles. The molecule has 7 nitrogen and oxygen atoms in total. The van der Waals surface area contributed by atoms with E-state index in [9.17, 15) is 19.1 Å². The van der Waals surface area contributed by atoms with Crippen molar-refractivity contribution in [3.8, 4) is 0 Å². The average Bonchev–Trinajstić information content (AvgIpc) is 3.25. The lowest BCUT2D eigenvalue weighted by molar-refractivity contribution is -0.124. The highest BCUT2D eigenvalue weighted by Gasteiger charge is 2.40. The Kier molecular flexibility index (Phi) is 4.33. The maximum Gasteiger partial charge on any atom is 0.318 e. The Bertz CT molecular complexity index is 591. The summed E-state index contributed by atoms with van der Waals surface area (Å²) in [5.41, 5.74) is 5.68. The number of nitrogens with one attached hydrogen (secondary N) is 3. The van der Waals surface area contributed by atoms with E-state index in [4.69, 9.17) is 0 Å². The molecule has 1 aliphatic carbocycles. The fourth-order valence-corrected chi connectivity index (χ4v) is 2.52. The minimum absolute atomic E-state index is 0.132. The van der Waals surface area contributed by atoms with Gasteiger partial charge in [0.1, 0.15) is 11.9 Å². The number of aliphatic hydroxyl groups is 1. The molecule has 124 valence electrons. The second kappa shape index (κ2) is 6.41. The number of carbonyl (C=O) groups is 2. The molecule has 2 unspecified atom stereocenters. The third-order valence-corrected chi connectivity index (χ3v) is 3.92. The fraction of sp³-hybridized carbons (Fsp3) is 0.467. The predicted molar refractivity (Wildman–Crippen MR) is 80.8 cm³/mol. The third-order valence-electron chi connectivity index (χ3n) is 3.92. The molecule has 1 aliphatic heterocycles. The van der Waals surface area contributed by atoms with E-state index in [0.717, 1.165) is 12.8 Å². The molecule has 23 heavy (non-hydrogen) atoms. The average molecular weight is 322 g/mol. The Balaban J connectivity index is 1.57. The van der Waals surface area contributed by atoms with E-state index in [2.05, 4.69) is 16.2 Å². The summed E-state index contributed by atoms with van der Waals surface area (Å²) in [6.07, 6.45) is 1.37. The number of amides is 3. The number of β-amino-alcohol motifs (C(OH)–C–C–N with tert-alkyl or cyclic N) is 1. The van der Waals surface area contributed by atoms with Crippen molar-refractivity contribution in [3.05, 3.63) is 30.1 Å². The van der Waals surface area contributed by atoms with E-state index in [1.807, 2.05) is 0 Å². The van der Waals surface area contributed by atoms with Gasteiger partial charge >= 0.3 is 6.03 Å². The van der Waals surface area contributed by atoms with Crippen LogP contribution in [-0.4, -0.2) is 46.7 Å². The number of carbonyl (C=O) groups excluding carboxylic acids is 2. The van der Waals surface area contributed by atoms with Crippen LogP contribution in [0.3, 0.4) is 0 Å². The lowest BCUT2D eigenvalue weighted by atomic mass is 10.2. The summed E-state index contributed by atoms with van der Waals surface area (Å²) in [5, 5.41) is 12.6. The number of nitrogens with zero attached hydrogens (tertiary/aromatic N) is 1. The van der Waals surface area contributed by atoms with E-state index in [1.54, 1.807) is 0 Å². The van der Waals surface area contributed by atoms with Crippen LogP contribution in [0.4, 0.5) is 14.9 Å². The number of likely N-dealkylation sites (tertiary alicyclic amines) is 1. The summed E-state index contributed by atoms with van der Waals surface area (Å²) < 4.78 is 12.8. The van der Waals surface area contributed by atoms with Crippen LogP contribution in [0.5, 0.6) is 0 Å². The lowest BCUT2D eigenvalue weighted by Crippen LogP contribution is -2.51. The molecule has 1 saturated heterocycles. The van der Waals surface area contributed by atoms with Gasteiger partial charge in [0.25, 0.3) is 5.91 Å². The highest BCUT2D eigenvalue weighted by molar-refractivity contribution is 5.88. The standard InChI is InChI=1S/C15H19FN4O3/c16-9-1-3-11(4-2-9)18-19-14(22)13-7-12(21)8-20(13)15(23)17-10-5-6-10/h1-4,10,12-13,18,21H,5-8H2,(H,17,23)(H,19,22). The van der Waals surface area contributed by atoms with Gasteiger partial charge in [-0.3, -0.25) is 15.6 Å². The van der Waals surface area contributed by atoms with Gasteiger partial charge in [-0.1, -0.05) is 0 Å². The Labute approximate surface area is 132 Å². The summed E-state index contributed by atoms with van der Waals surface area (Å²) in [5.74, 6) is -0.791. The molecular weight excluding hydrogens is 303 g/mol. The molecule has 0 spiro atoms. The number of anilines is 1. The van der Waals surface area contributed by atoms with Gasteiger partial charge in [-0.25, -0.2) is 9.18 Å². The molecule has 1 aromatic rings. The normalized spacial score (nSPS) is 23.5. The van der Waals surface area contributed by atoms with E-state index >= 15 is 0 Å². The fourth-order valence-electron chi connectivity index (χ4n) is 2.52. The van der Waals surface area contributed by atoms with Gasteiger partial charge < -0.3 is 15.3 Å². The maximum atomic E-state index is 12.8. The van der Waals surface area contributed by atoms with E-state index < -0.39 is 18.1 Å². The topological polar surface area (TPSA) is 93.7 Å². The molecule has 4 N–H and O–H groups in total. The molecule has 2 fully saturated rings. The van der Waals surface area contributed by atoms with Crippen LogP contribution < -0.4 is 16.2 Å². The first-order valence-corrected chi connectivity index (χ1v) is 7.59. The number of halogens is 1. The Morgan fingerprint density at radius 1 is 1.22 bits per heavy atom. The van der Waals surface area contributed by atoms with Crippen LogP contribution in [0.15, 0.2) is 24.3 Å². The highest BCUT2D eigenvalue weighted by atomic mass is 19.1. The number of hydrogen-bond donors (Lipinski definition) is 4. The molecule has 8 heteroatoms. The molecule has 1 aromatic carbocycles. The first kappa shape index (κ1) is 15.5. The van der Waals surface area contributed by atoms with Crippen LogP contribution in [0.25, 0.3) is 0 Å². The minimum atomic E-state index is -0.739. The number of rotatable bonds is 4. The second-order valence-corrected chi connectivity index (χ2v) is 5.90. The zero-order valence-corrected chi connectivity index (χ0v) is 12.5. The molecular formula is C15H19FN4O3.